The summed E-state index contributed by atoms with van der Waals surface area (Å²) in [5.74, 6) is -1.35. The number of carbonyl (C=O) groups excluding carboxylic acids is 1. The number of amides is 1. The lowest BCUT2D eigenvalue weighted by atomic mass is 9.93. The Bertz CT molecular complexity index is 1220. The molecular weight excluding hydrogens is 445 g/mol. The highest BCUT2D eigenvalue weighted by Gasteiger charge is 2.27. The Hall–Kier alpha value is -2.93. The van der Waals surface area contributed by atoms with Crippen LogP contribution in [-0.2, 0) is 10.3 Å². The van der Waals surface area contributed by atoms with Gasteiger partial charge in [-0.1, -0.05) is 17.7 Å². The Labute approximate surface area is 197 Å². The molecule has 3 heterocycles. The molecule has 0 spiro atoms. The van der Waals surface area contributed by atoms with Crippen LogP contribution in [0.2, 0.25) is 5.02 Å². The second-order valence-corrected chi connectivity index (χ2v) is 10.0. The third-order valence-corrected chi connectivity index (χ3v) is 6.50. The Kier molecular flexibility index (Phi) is 6.18. The molecule has 33 heavy (non-hydrogen) atoms. The van der Waals surface area contributed by atoms with E-state index in [1.807, 2.05) is 37.6 Å². The zero-order chi connectivity index (χ0) is 23.9. The third-order valence-electron chi connectivity index (χ3n) is 6.19. The first kappa shape index (κ1) is 23.2. The molecule has 0 aliphatic carbocycles. The molecule has 174 valence electrons. The van der Waals surface area contributed by atoms with Crippen molar-refractivity contribution in [3.8, 4) is 11.1 Å². The summed E-state index contributed by atoms with van der Waals surface area (Å²) in [7, 11) is 0. The van der Waals surface area contributed by atoms with Gasteiger partial charge in [0.2, 0.25) is 0 Å². The van der Waals surface area contributed by atoms with Crippen molar-refractivity contribution in [1.82, 2.24) is 14.5 Å². The van der Waals surface area contributed by atoms with Crippen LogP contribution in [0, 0.1) is 11.7 Å². The Balaban J connectivity index is 1.69. The maximum Gasteiger partial charge on any atom is 0.303 e. The number of hydrogen-bond donors (Lipinski definition) is 1. The lowest BCUT2D eigenvalue weighted by Crippen LogP contribution is -2.39. The Morgan fingerprint density at radius 3 is 2.48 bits per heavy atom. The average molecular weight is 472 g/mol. The highest BCUT2D eigenvalue weighted by atomic mass is 35.5. The summed E-state index contributed by atoms with van der Waals surface area (Å²) in [6.07, 6.45) is 3.42. The van der Waals surface area contributed by atoms with E-state index in [1.165, 1.54) is 12.1 Å². The highest BCUT2D eigenvalue weighted by Crippen LogP contribution is 2.35. The highest BCUT2D eigenvalue weighted by molar-refractivity contribution is 6.30. The molecule has 6 nitrogen and oxygen atoms in total. The molecule has 1 aliphatic rings. The van der Waals surface area contributed by atoms with Crippen LogP contribution in [0.25, 0.3) is 22.2 Å². The van der Waals surface area contributed by atoms with E-state index in [2.05, 4.69) is 0 Å². The molecule has 1 fully saturated rings. The van der Waals surface area contributed by atoms with E-state index in [0.717, 1.165) is 10.9 Å². The Morgan fingerprint density at radius 1 is 1.18 bits per heavy atom. The van der Waals surface area contributed by atoms with Gasteiger partial charge in [0, 0.05) is 42.2 Å². The standard InChI is InChI=1S/C25H27ClFN3O3/c1-25(2,3)30-14-18(16-4-6-19(26)20(27)13-16)17-5-7-21(28-23(17)30)24(33)29-10-8-15(9-11-29)12-22(31)32/h4-7,13-15H,8-12H2,1-3H3,(H,31,32). The van der Waals surface area contributed by atoms with Crippen molar-refractivity contribution in [1.29, 1.82) is 0 Å². The quantitative estimate of drug-likeness (QED) is 0.539. The number of pyridine rings is 1. The molecule has 1 aliphatic heterocycles. The molecule has 1 aromatic carbocycles. The summed E-state index contributed by atoms with van der Waals surface area (Å²) in [5, 5.41) is 9.89. The SMILES string of the molecule is CC(C)(C)n1cc(-c2ccc(Cl)c(F)c2)c2ccc(C(=O)N3CCC(CC(=O)O)CC3)nc21. The van der Waals surface area contributed by atoms with E-state index < -0.39 is 11.8 Å². The van der Waals surface area contributed by atoms with Crippen LogP contribution < -0.4 is 0 Å². The van der Waals surface area contributed by atoms with Crippen LogP contribution in [-0.4, -0.2) is 44.5 Å². The zero-order valence-corrected chi connectivity index (χ0v) is 19.7. The smallest absolute Gasteiger partial charge is 0.303 e. The number of halogens is 2. The van der Waals surface area contributed by atoms with Crippen LogP contribution >= 0.6 is 11.6 Å². The number of carboxylic acid groups (broad SMARTS) is 1. The first-order chi connectivity index (χ1) is 15.5. The number of fused-ring (bicyclic) bond motifs is 1. The molecule has 8 heteroatoms. The normalized spacial score (nSPS) is 15.2. The summed E-state index contributed by atoms with van der Waals surface area (Å²) < 4.78 is 16.1. The molecule has 0 bridgehead atoms. The minimum atomic E-state index is -0.800. The van der Waals surface area contributed by atoms with Gasteiger partial charge in [0.1, 0.15) is 17.2 Å². The van der Waals surface area contributed by atoms with Gasteiger partial charge in [-0.25, -0.2) is 9.37 Å². The van der Waals surface area contributed by atoms with Gasteiger partial charge in [-0.15, -0.1) is 0 Å². The van der Waals surface area contributed by atoms with Crippen LogP contribution in [0.1, 0.15) is 50.5 Å². The number of aromatic nitrogens is 2. The number of nitrogens with zero attached hydrogens (tertiary/aromatic N) is 3. The first-order valence-corrected chi connectivity index (χ1v) is 11.4. The van der Waals surface area contributed by atoms with Crippen LogP contribution in [0.5, 0.6) is 0 Å². The lowest BCUT2D eigenvalue weighted by molar-refractivity contribution is -0.138. The van der Waals surface area contributed by atoms with E-state index >= 15 is 0 Å². The van der Waals surface area contributed by atoms with Gasteiger partial charge >= 0.3 is 5.97 Å². The molecule has 0 atom stereocenters. The van der Waals surface area contributed by atoms with E-state index in [1.54, 1.807) is 17.0 Å². The third kappa shape index (κ3) is 4.74. The first-order valence-electron chi connectivity index (χ1n) is 11.0. The molecule has 1 saturated heterocycles. The second kappa shape index (κ2) is 8.78. The number of aliphatic carboxylic acids is 1. The molecule has 0 radical (unpaired) electrons. The predicted octanol–water partition coefficient (Wildman–Crippen LogP) is 5.58. The van der Waals surface area contributed by atoms with Gasteiger partial charge in [0.25, 0.3) is 5.91 Å². The fourth-order valence-electron chi connectivity index (χ4n) is 4.38. The minimum Gasteiger partial charge on any atom is -0.481 e. The molecule has 0 unspecified atom stereocenters. The average Bonchev–Trinajstić information content (AvgIpc) is 3.15. The fraction of sp³-hybridized carbons (Fsp3) is 0.400. The Morgan fingerprint density at radius 2 is 1.88 bits per heavy atom. The summed E-state index contributed by atoms with van der Waals surface area (Å²) in [4.78, 5) is 30.6. The summed E-state index contributed by atoms with van der Waals surface area (Å²) in [6.45, 7) is 7.17. The summed E-state index contributed by atoms with van der Waals surface area (Å²) >= 11 is 5.86. The maximum atomic E-state index is 14.1. The topological polar surface area (TPSA) is 75.4 Å². The van der Waals surface area contributed by atoms with Crippen molar-refractivity contribution >= 4 is 34.5 Å². The van der Waals surface area contributed by atoms with E-state index in [4.69, 9.17) is 21.7 Å². The van der Waals surface area contributed by atoms with Crippen LogP contribution in [0.4, 0.5) is 4.39 Å². The summed E-state index contributed by atoms with van der Waals surface area (Å²) in [6, 6.07) is 8.28. The number of carbonyl (C=O) groups is 2. The van der Waals surface area contributed by atoms with Gasteiger partial charge in [-0.3, -0.25) is 9.59 Å². The lowest BCUT2D eigenvalue weighted by Gasteiger charge is -2.31. The van der Waals surface area contributed by atoms with Gasteiger partial charge in [0.15, 0.2) is 0 Å². The van der Waals surface area contributed by atoms with Gasteiger partial charge in [-0.05, 0) is 69.4 Å². The number of likely N-dealkylation sites (tertiary alicyclic amines) is 1. The monoisotopic (exact) mass is 471 g/mol. The van der Waals surface area contributed by atoms with Gasteiger partial charge < -0.3 is 14.6 Å². The van der Waals surface area contributed by atoms with Crippen molar-refractivity contribution in [2.24, 2.45) is 5.92 Å². The fourth-order valence-corrected chi connectivity index (χ4v) is 4.49. The van der Waals surface area contributed by atoms with E-state index in [0.29, 0.717) is 42.8 Å². The van der Waals surface area contributed by atoms with Crippen molar-refractivity contribution < 1.29 is 19.1 Å². The number of benzene rings is 1. The zero-order valence-electron chi connectivity index (χ0n) is 18.9. The van der Waals surface area contributed by atoms with Crippen LogP contribution in [0.3, 0.4) is 0 Å². The van der Waals surface area contributed by atoms with E-state index in [9.17, 15) is 14.0 Å². The molecule has 2 aromatic heterocycles. The molecule has 3 aromatic rings. The van der Waals surface area contributed by atoms with Crippen molar-refractivity contribution in [3.05, 3.63) is 53.1 Å². The minimum absolute atomic E-state index is 0.0662. The van der Waals surface area contributed by atoms with Gasteiger partial charge in [-0.2, -0.15) is 0 Å². The maximum absolute atomic E-state index is 14.1. The molecule has 1 amide bonds. The van der Waals surface area contributed by atoms with Crippen molar-refractivity contribution in [2.45, 2.75) is 45.6 Å². The number of piperidine rings is 1. The van der Waals surface area contributed by atoms with Gasteiger partial charge in [0.05, 0.1) is 5.02 Å². The molecule has 1 N–H and O–H groups in total. The summed E-state index contributed by atoms with van der Waals surface area (Å²) in [5.41, 5.74) is 2.18. The van der Waals surface area contributed by atoms with E-state index in [-0.39, 0.29) is 28.8 Å². The number of hydrogen-bond acceptors (Lipinski definition) is 3. The molecule has 0 saturated carbocycles. The molecule has 4 rings (SSSR count). The van der Waals surface area contributed by atoms with Crippen molar-refractivity contribution in [2.75, 3.05) is 13.1 Å². The van der Waals surface area contributed by atoms with Crippen LogP contribution in [0.15, 0.2) is 36.5 Å². The predicted molar refractivity (Wildman–Crippen MR) is 126 cm³/mol. The number of carboxylic acids is 1. The second-order valence-electron chi connectivity index (χ2n) is 9.61. The molecular formula is C25H27ClFN3O3. The largest absolute Gasteiger partial charge is 0.481 e. The van der Waals surface area contributed by atoms with Crippen molar-refractivity contribution in [3.63, 3.8) is 0 Å². The number of rotatable bonds is 4.